The molecular formula is C24H24N2O3S. The van der Waals surface area contributed by atoms with Crippen molar-refractivity contribution in [3.8, 4) is 5.75 Å². The molecule has 2 aromatic carbocycles. The molecular weight excluding hydrogens is 396 g/mol. The number of thiazole rings is 1. The first-order chi connectivity index (χ1) is 14.4. The number of carbonyl (C=O) groups is 2. The number of aromatic nitrogens is 1. The molecule has 0 bridgehead atoms. The van der Waals surface area contributed by atoms with E-state index in [1.54, 1.807) is 29.5 Å². The normalized spacial score (nSPS) is 11.1. The van der Waals surface area contributed by atoms with Crippen LogP contribution in [0.1, 0.15) is 48.5 Å². The van der Waals surface area contributed by atoms with E-state index in [2.05, 4.69) is 29.5 Å². The Balaban J connectivity index is 1.62. The number of nitrogens with zero attached hydrogens (tertiary/aromatic N) is 1. The summed E-state index contributed by atoms with van der Waals surface area (Å²) in [5.41, 5.74) is 3.57. The number of esters is 1. The van der Waals surface area contributed by atoms with Gasteiger partial charge in [0.2, 0.25) is 5.91 Å². The maximum absolute atomic E-state index is 12.4. The fourth-order valence-electron chi connectivity index (χ4n) is 2.81. The Bertz CT molecular complexity index is 1070. The van der Waals surface area contributed by atoms with E-state index in [9.17, 15) is 9.59 Å². The van der Waals surface area contributed by atoms with Gasteiger partial charge in [-0.15, -0.1) is 11.3 Å². The molecule has 30 heavy (non-hydrogen) atoms. The van der Waals surface area contributed by atoms with E-state index in [-0.39, 0.29) is 18.3 Å². The zero-order valence-electron chi connectivity index (χ0n) is 17.2. The molecule has 0 aliphatic rings. The second-order valence-electron chi connectivity index (χ2n) is 7.19. The number of carbonyl (C=O) groups excluding carboxylic acids is 2. The Morgan fingerprint density at radius 3 is 2.67 bits per heavy atom. The molecule has 0 fully saturated rings. The lowest BCUT2D eigenvalue weighted by molar-refractivity contribution is -0.131. The zero-order chi connectivity index (χ0) is 21.5. The molecule has 3 aromatic rings. The summed E-state index contributed by atoms with van der Waals surface area (Å²) in [7, 11) is 0. The summed E-state index contributed by atoms with van der Waals surface area (Å²) in [6.45, 7) is 5.60. The highest BCUT2D eigenvalue weighted by Gasteiger charge is 2.07. The van der Waals surface area contributed by atoms with Crippen LogP contribution >= 0.6 is 11.3 Å². The van der Waals surface area contributed by atoms with Crippen molar-refractivity contribution in [2.45, 2.75) is 33.1 Å². The minimum absolute atomic E-state index is 0.141. The number of rotatable bonds is 7. The first kappa shape index (κ1) is 21.5. The van der Waals surface area contributed by atoms with Gasteiger partial charge in [0, 0.05) is 18.0 Å². The Labute approximate surface area is 180 Å². The monoisotopic (exact) mass is 420 g/mol. The molecule has 1 amide bonds. The maximum atomic E-state index is 12.4. The summed E-state index contributed by atoms with van der Waals surface area (Å²) in [5, 5.41) is 5.95. The lowest BCUT2D eigenvalue weighted by Crippen LogP contribution is -2.14. The molecule has 0 saturated carbocycles. The number of hydrogen-bond acceptors (Lipinski definition) is 5. The van der Waals surface area contributed by atoms with Crippen molar-refractivity contribution in [1.82, 2.24) is 4.98 Å². The Morgan fingerprint density at radius 1 is 1.13 bits per heavy atom. The maximum Gasteiger partial charge on any atom is 0.308 e. The number of nitrogens with one attached hydrogen (secondary N) is 1. The molecule has 1 aromatic heterocycles. The second kappa shape index (κ2) is 9.98. The van der Waals surface area contributed by atoms with Gasteiger partial charge in [0.15, 0.2) is 0 Å². The number of amides is 1. The van der Waals surface area contributed by atoms with E-state index in [0.29, 0.717) is 11.7 Å². The van der Waals surface area contributed by atoms with Gasteiger partial charge in [-0.25, -0.2) is 4.98 Å². The summed E-state index contributed by atoms with van der Waals surface area (Å²) in [6, 6.07) is 14.6. The van der Waals surface area contributed by atoms with Gasteiger partial charge < -0.3 is 10.1 Å². The third kappa shape index (κ3) is 6.39. The smallest absolute Gasteiger partial charge is 0.308 e. The highest BCUT2D eigenvalue weighted by molar-refractivity contribution is 7.10. The van der Waals surface area contributed by atoms with Crippen LogP contribution in [0.4, 0.5) is 5.69 Å². The molecule has 1 heterocycles. The van der Waals surface area contributed by atoms with Crippen molar-refractivity contribution in [2.75, 3.05) is 5.32 Å². The Hall–Kier alpha value is -3.25. The summed E-state index contributed by atoms with van der Waals surface area (Å²) in [6.07, 6.45) is 4.16. The van der Waals surface area contributed by atoms with Crippen LogP contribution in [0.15, 0.2) is 53.9 Å². The molecule has 0 spiro atoms. The lowest BCUT2D eigenvalue weighted by Gasteiger charge is -2.07. The molecule has 6 heteroatoms. The molecule has 0 saturated heterocycles. The van der Waals surface area contributed by atoms with Crippen LogP contribution < -0.4 is 10.1 Å². The molecule has 0 unspecified atom stereocenters. The van der Waals surface area contributed by atoms with Crippen LogP contribution in [0.25, 0.3) is 12.2 Å². The number of anilines is 1. The molecule has 0 aliphatic carbocycles. The van der Waals surface area contributed by atoms with E-state index in [1.165, 1.54) is 6.92 Å². The number of hydrogen-bond donors (Lipinski definition) is 1. The van der Waals surface area contributed by atoms with E-state index in [1.807, 2.05) is 42.5 Å². The van der Waals surface area contributed by atoms with Crippen molar-refractivity contribution in [3.63, 3.8) is 0 Å². The van der Waals surface area contributed by atoms with Gasteiger partial charge in [-0.1, -0.05) is 44.2 Å². The lowest BCUT2D eigenvalue weighted by atomic mass is 10.1. The van der Waals surface area contributed by atoms with Crippen molar-refractivity contribution in [1.29, 1.82) is 0 Å². The highest BCUT2D eigenvalue weighted by atomic mass is 32.1. The van der Waals surface area contributed by atoms with Crippen LogP contribution in [-0.2, 0) is 16.0 Å². The predicted molar refractivity (Wildman–Crippen MR) is 122 cm³/mol. The average Bonchev–Trinajstić information content (AvgIpc) is 3.16. The zero-order valence-corrected chi connectivity index (χ0v) is 18.0. The second-order valence-corrected chi connectivity index (χ2v) is 8.08. The first-order valence-electron chi connectivity index (χ1n) is 9.70. The molecule has 154 valence electrons. The largest absolute Gasteiger partial charge is 0.427 e. The van der Waals surface area contributed by atoms with Gasteiger partial charge in [0.25, 0.3) is 0 Å². The fraction of sp³-hybridized carbons (Fsp3) is 0.208. The molecule has 0 atom stereocenters. The minimum atomic E-state index is -0.389. The van der Waals surface area contributed by atoms with Crippen LogP contribution in [-0.4, -0.2) is 16.9 Å². The molecule has 5 nitrogen and oxygen atoms in total. The SMILES string of the molecule is CC(=O)Oc1cccc(CC(=O)Nc2cccc(/C=C/c3nc(C(C)C)cs3)c2)c1. The molecule has 0 radical (unpaired) electrons. The van der Waals surface area contributed by atoms with Crippen molar-refractivity contribution >= 4 is 41.1 Å². The van der Waals surface area contributed by atoms with Crippen LogP contribution in [0.2, 0.25) is 0 Å². The van der Waals surface area contributed by atoms with Crippen LogP contribution in [0, 0.1) is 0 Å². The summed E-state index contributed by atoms with van der Waals surface area (Å²) >= 11 is 1.62. The molecule has 0 aliphatic heterocycles. The Morgan fingerprint density at radius 2 is 1.93 bits per heavy atom. The van der Waals surface area contributed by atoms with E-state index >= 15 is 0 Å². The summed E-state index contributed by atoms with van der Waals surface area (Å²) in [5.74, 6) is 0.316. The number of ether oxygens (including phenoxy) is 1. The number of benzene rings is 2. The predicted octanol–water partition coefficient (Wildman–Crippen LogP) is 5.54. The third-order valence-corrected chi connectivity index (χ3v) is 5.07. The van der Waals surface area contributed by atoms with Gasteiger partial charge in [-0.3, -0.25) is 9.59 Å². The van der Waals surface area contributed by atoms with Crippen molar-refractivity contribution in [3.05, 3.63) is 75.7 Å². The first-order valence-corrected chi connectivity index (χ1v) is 10.6. The van der Waals surface area contributed by atoms with Crippen LogP contribution in [0.3, 0.4) is 0 Å². The van der Waals surface area contributed by atoms with Crippen LogP contribution in [0.5, 0.6) is 5.75 Å². The molecule has 3 rings (SSSR count). The van der Waals surface area contributed by atoms with E-state index in [0.717, 1.165) is 27.5 Å². The van der Waals surface area contributed by atoms with Crippen molar-refractivity contribution < 1.29 is 14.3 Å². The summed E-state index contributed by atoms with van der Waals surface area (Å²) < 4.78 is 5.07. The van der Waals surface area contributed by atoms with E-state index in [4.69, 9.17) is 4.74 Å². The third-order valence-electron chi connectivity index (χ3n) is 4.24. The van der Waals surface area contributed by atoms with Gasteiger partial charge in [0.05, 0.1) is 12.1 Å². The average molecular weight is 421 g/mol. The summed E-state index contributed by atoms with van der Waals surface area (Å²) in [4.78, 5) is 28.1. The quantitative estimate of drug-likeness (QED) is 0.402. The standard InChI is InChI=1S/C24H24N2O3S/c1-16(2)22-15-30-24(26-22)11-10-18-6-4-8-20(12-18)25-23(28)14-19-7-5-9-21(13-19)29-17(3)27/h4-13,15-16H,14H2,1-3H3,(H,25,28)/b11-10+. The minimum Gasteiger partial charge on any atom is -0.427 e. The topological polar surface area (TPSA) is 68.3 Å². The van der Waals surface area contributed by atoms with Gasteiger partial charge in [-0.05, 0) is 47.4 Å². The van der Waals surface area contributed by atoms with Crippen molar-refractivity contribution in [2.24, 2.45) is 0 Å². The fourth-order valence-corrected chi connectivity index (χ4v) is 3.68. The Kier molecular flexibility index (Phi) is 7.14. The van der Waals surface area contributed by atoms with Gasteiger partial charge in [0.1, 0.15) is 10.8 Å². The van der Waals surface area contributed by atoms with Gasteiger partial charge >= 0.3 is 5.97 Å². The van der Waals surface area contributed by atoms with Gasteiger partial charge in [-0.2, -0.15) is 0 Å². The van der Waals surface area contributed by atoms with E-state index < -0.39 is 0 Å². The highest BCUT2D eigenvalue weighted by Crippen LogP contribution is 2.20. The molecule has 1 N–H and O–H groups in total.